The van der Waals surface area contributed by atoms with Crippen LogP contribution in [0.3, 0.4) is 0 Å². The first-order valence-electron chi connectivity index (χ1n) is 11.6. The number of rotatable bonds is 6. The van der Waals surface area contributed by atoms with Crippen LogP contribution < -0.4 is 0 Å². The Balaban J connectivity index is 1.25. The Morgan fingerprint density at radius 1 is 1.12 bits per heavy atom. The van der Waals surface area contributed by atoms with Gasteiger partial charge in [0.25, 0.3) is 0 Å². The number of halogens is 1. The number of ketones is 1. The number of pyridine rings is 2. The lowest BCUT2D eigenvalue weighted by Crippen LogP contribution is -2.28. The Hall–Kier alpha value is -3.17. The standard InChI is InChI=1S/C27H26FN3O2/c28-21-2-4-26-24(11-21)23(5-6-30-26)19-7-17-9-20(10-18(17)8-19)25(15-32)27(33)12-22-3-1-16(13-29)14-31-22/h1-6,11,14,17-20,25,32H,7-10,12,15H2/t17-,18+,19?,20?,25?. The van der Waals surface area contributed by atoms with Gasteiger partial charge < -0.3 is 5.11 Å². The van der Waals surface area contributed by atoms with E-state index in [1.54, 1.807) is 24.3 Å². The maximum atomic E-state index is 13.9. The van der Waals surface area contributed by atoms with E-state index >= 15 is 0 Å². The van der Waals surface area contributed by atoms with Gasteiger partial charge in [0.2, 0.25) is 0 Å². The molecule has 5 atom stereocenters. The van der Waals surface area contributed by atoms with E-state index in [2.05, 4.69) is 9.97 Å². The number of aliphatic hydroxyl groups is 1. The normalized spacial score (nSPS) is 25.0. The number of aliphatic hydroxyl groups excluding tert-OH is 1. The van der Waals surface area contributed by atoms with E-state index in [0.29, 0.717) is 29.0 Å². The van der Waals surface area contributed by atoms with E-state index < -0.39 is 0 Å². The number of nitriles is 1. The highest BCUT2D eigenvalue weighted by atomic mass is 19.1. The van der Waals surface area contributed by atoms with Crippen molar-refractivity contribution in [1.29, 1.82) is 5.26 Å². The lowest BCUT2D eigenvalue weighted by Gasteiger charge is -2.22. The maximum Gasteiger partial charge on any atom is 0.144 e. The first kappa shape index (κ1) is 21.7. The van der Waals surface area contributed by atoms with E-state index in [-0.39, 0.29) is 36.5 Å². The van der Waals surface area contributed by atoms with Crippen LogP contribution in [0.5, 0.6) is 0 Å². The molecule has 6 heteroatoms. The van der Waals surface area contributed by atoms with Crippen molar-refractivity contribution in [3.05, 3.63) is 71.4 Å². The number of benzene rings is 1. The fraction of sp³-hybridized carbons (Fsp3) is 0.407. The van der Waals surface area contributed by atoms with Crippen molar-refractivity contribution >= 4 is 16.7 Å². The molecule has 0 radical (unpaired) electrons. The van der Waals surface area contributed by atoms with Crippen molar-refractivity contribution in [2.75, 3.05) is 6.61 Å². The molecule has 1 aromatic carbocycles. The van der Waals surface area contributed by atoms with Gasteiger partial charge >= 0.3 is 0 Å². The SMILES string of the molecule is N#Cc1ccc(CC(=O)C(CO)C2C[C@H]3CC(c4ccnc5ccc(F)cc45)C[C@H]3C2)nc1. The highest BCUT2D eigenvalue weighted by Gasteiger charge is 2.45. The van der Waals surface area contributed by atoms with Crippen LogP contribution in [0.1, 0.15) is 48.4 Å². The average Bonchev–Trinajstić information content (AvgIpc) is 3.39. The third-order valence-corrected chi connectivity index (χ3v) is 7.72. The summed E-state index contributed by atoms with van der Waals surface area (Å²) in [7, 11) is 0. The van der Waals surface area contributed by atoms with Gasteiger partial charge in [0.15, 0.2) is 0 Å². The molecule has 168 valence electrons. The third kappa shape index (κ3) is 4.26. The number of Topliss-reactive ketones (excluding diaryl/α,β-unsaturated/α-hetero) is 1. The lowest BCUT2D eigenvalue weighted by molar-refractivity contribution is -0.125. The predicted octanol–water partition coefficient (Wildman–Crippen LogP) is 4.58. The zero-order chi connectivity index (χ0) is 22.9. The largest absolute Gasteiger partial charge is 0.396 e. The number of nitrogens with zero attached hydrogens (tertiary/aromatic N) is 3. The molecule has 3 aromatic rings. The fourth-order valence-electron chi connectivity index (χ4n) is 6.16. The van der Waals surface area contributed by atoms with E-state index in [0.717, 1.165) is 36.6 Å². The Morgan fingerprint density at radius 2 is 1.91 bits per heavy atom. The van der Waals surface area contributed by atoms with Crippen LogP contribution in [-0.2, 0) is 11.2 Å². The Bertz CT molecular complexity index is 1210. The van der Waals surface area contributed by atoms with Gasteiger partial charge in [-0.1, -0.05) is 0 Å². The average molecular weight is 444 g/mol. The van der Waals surface area contributed by atoms with Crippen LogP contribution >= 0.6 is 0 Å². The molecular weight excluding hydrogens is 417 g/mol. The van der Waals surface area contributed by atoms with Gasteiger partial charge in [0.05, 0.1) is 17.7 Å². The van der Waals surface area contributed by atoms with Crippen molar-refractivity contribution in [3.63, 3.8) is 0 Å². The Labute approximate surface area is 192 Å². The second-order valence-corrected chi connectivity index (χ2v) is 9.56. The quantitative estimate of drug-likeness (QED) is 0.603. The van der Waals surface area contributed by atoms with Crippen LogP contribution in [0, 0.1) is 40.8 Å². The second-order valence-electron chi connectivity index (χ2n) is 9.56. The zero-order valence-electron chi connectivity index (χ0n) is 18.3. The highest BCUT2D eigenvalue weighted by Crippen LogP contribution is 2.54. The minimum atomic E-state index is -0.373. The van der Waals surface area contributed by atoms with Gasteiger partial charge in [0.1, 0.15) is 17.7 Å². The van der Waals surface area contributed by atoms with E-state index in [1.807, 2.05) is 18.3 Å². The van der Waals surface area contributed by atoms with Crippen molar-refractivity contribution in [3.8, 4) is 6.07 Å². The van der Waals surface area contributed by atoms with Gasteiger partial charge in [-0.05, 0) is 91.3 Å². The summed E-state index contributed by atoms with van der Waals surface area (Å²) in [5.74, 6) is 1.01. The third-order valence-electron chi connectivity index (χ3n) is 7.72. The second kappa shape index (κ2) is 8.99. The lowest BCUT2D eigenvalue weighted by atomic mass is 9.83. The fourth-order valence-corrected chi connectivity index (χ4v) is 6.16. The van der Waals surface area contributed by atoms with Gasteiger partial charge in [-0.15, -0.1) is 0 Å². The summed E-state index contributed by atoms with van der Waals surface area (Å²) in [6.45, 7) is -0.142. The summed E-state index contributed by atoms with van der Waals surface area (Å²) in [6.07, 6.45) is 7.41. The Morgan fingerprint density at radius 3 is 2.58 bits per heavy atom. The van der Waals surface area contributed by atoms with Gasteiger partial charge in [-0.2, -0.15) is 5.26 Å². The van der Waals surface area contributed by atoms with E-state index in [1.165, 1.54) is 17.8 Å². The first-order chi connectivity index (χ1) is 16.1. The summed E-state index contributed by atoms with van der Waals surface area (Å²) in [5.41, 5.74) is 3.10. The number of carbonyl (C=O) groups is 1. The molecule has 2 aromatic heterocycles. The summed E-state index contributed by atoms with van der Waals surface area (Å²) < 4.78 is 13.9. The summed E-state index contributed by atoms with van der Waals surface area (Å²) in [4.78, 5) is 21.6. The molecule has 2 aliphatic rings. The number of fused-ring (bicyclic) bond motifs is 2. The maximum absolute atomic E-state index is 13.9. The number of aromatic nitrogens is 2. The van der Waals surface area contributed by atoms with Gasteiger partial charge in [-0.25, -0.2) is 4.39 Å². The van der Waals surface area contributed by atoms with Crippen LogP contribution in [0.25, 0.3) is 10.9 Å². The summed E-state index contributed by atoms with van der Waals surface area (Å²) in [5, 5.41) is 19.8. The smallest absolute Gasteiger partial charge is 0.144 e. The molecule has 5 nitrogen and oxygen atoms in total. The molecule has 0 amide bonds. The first-order valence-corrected chi connectivity index (χ1v) is 11.6. The molecule has 2 aliphatic carbocycles. The predicted molar refractivity (Wildman–Crippen MR) is 122 cm³/mol. The monoisotopic (exact) mass is 443 g/mol. The molecule has 0 aliphatic heterocycles. The molecule has 5 rings (SSSR count). The minimum Gasteiger partial charge on any atom is -0.396 e. The molecule has 2 fully saturated rings. The molecule has 0 spiro atoms. The number of hydrogen-bond acceptors (Lipinski definition) is 5. The Kier molecular flexibility index (Phi) is 5.90. The molecule has 0 bridgehead atoms. The van der Waals surface area contributed by atoms with Crippen molar-refractivity contribution in [1.82, 2.24) is 9.97 Å². The van der Waals surface area contributed by atoms with Gasteiger partial charge in [0, 0.05) is 35.8 Å². The van der Waals surface area contributed by atoms with Crippen LogP contribution in [0.2, 0.25) is 0 Å². The zero-order valence-corrected chi connectivity index (χ0v) is 18.3. The molecule has 3 unspecified atom stereocenters. The summed E-state index contributed by atoms with van der Waals surface area (Å²) >= 11 is 0. The molecule has 33 heavy (non-hydrogen) atoms. The summed E-state index contributed by atoms with van der Waals surface area (Å²) in [6, 6.07) is 12.2. The topological polar surface area (TPSA) is 86.9 Å². The van der Waals surface area contributed by atoms with Crippen molar-refractivity contribution in [2.24, 2.45) is 23.7 Å². The van der Waals surface area contributed by atoms with Crippen LogP contribution in [-0.4, -0.2) is 27.5 Å². The van der Waals surface area contributed by atoms with E-state index in [9.17, 15) is 14.3 Å². The molecule has 2 heterocycles. The van der Waals surface area contributed by atoms with Crippen LogP contribution in [0.4, 0.5) is 4.39 Å². The van der Waals surface area contributed by atoms with Gasteiger partial charge in [-0.3, -0.25) is 14.8 Å². The van der Waals surface area contributed by atoms with Crippen LogP contribution in [0.15, 0.2) is 48.8 Å². The van der Waals surface area contributed by atoms with Crippen molar-refractivity contribution in [2.45, 2.75) is 38.0 Å². The van der Waals surface area contributed by atoms with E-state index in [4.69, 9.17) is 5.26 Å². The molecule has 2 saturated carbocycles. The minimum absolute atomic E-state index is 0.0202. The highest BCUT2D eigenvalue weighted by molar-refractivity contribution is 5.83. The number of hydrogen-bond donors (Lipinski definition) is 1. The molecular formula is C27H26FN3O2. The molecule has 0 saturated heterocycles. The van der Waals surface area contributed by atoms with Crippen molar-refractivity contribution < 1.29 is 14.3 Å². The molecule has 1 N–H and O–H groups in total. The number of carbonyl (C=O) groups excluding carboxylic acids is 1.